The van der Waals surface area contributed by atoms with Crippen LogP contribution >= 0.6 is 0 Å². The smallest absolute Gasteiger partial charge is 0.341 e. The highest BCUT2D eigenvalue weighted by molar-refractivity contribution is 7.89. The third-order valence-corrected chi connectivity index (χ3v) is 4.12. The molecule has 0 aliphatic rings. The third kappa shape index (κ3) is 4.61. The zero-order chi connectivity index (χ0) is 18.6. The van der Waals surface area contributed by atoms with E-state index in [9.17, 15) is 22.4 Å². The molecule has 0 heterocycles. The zero-order valence-electron chi connectivity index (χ0n) is 13.1. The monoisotopic (exact) mass is 367 g/mol. The van der Waals surface area contributed by atoms with E-state index in [1.165, 1.54) is 19.2 Å². The Bertz CT molecular complexity index is 926. The van der Waals surface area contributed by atoms with Gasteiger partial charge >= 0.3 is 11.9 Å². The lowest BCUT2D eigenvalue weighted by Crippen LogP contribution is -2.15. The first-order valence-electron chi connectivity index (χ1n) is 6.89. The number of methoxy groups -OCH3 is 1. The summed E-state index contributed by atoms with van der Waals surface area (Å²) < 4.78 is 45.9. The van der Waals surface area contributed by atoms with Crippen molar-refractivity contribution in [2.75, 3.05) is 7.11 Å². The highest BCUT2D eigenvalue weighted by Gasteiger charge is 2.18. The van der Waals surface area contributed by atoms with Crippen molar-refractivity contribution in [3.8, 4) is 0 Å². The standard InChI is InChI=1S/C16H14FNO6S/c1-23-15(19)11-4-2-3-10(7-11)9-24-16(20)13-8-12(25(18,21)22)5-6-14(13)17/h2-8H,9H2,1H3,(H2,18,21,22). The second-order valence-corrected chi connectivity index (χ2v) is 6.52. The van der Waals surface area contributed by atoms with Gasteiger partial charge in [0.05, 0.1) is 23.1 Å². The first kappa shape index (κ1) is 18.6. The normalized spacial score (nSPS) is 11.0. The van der Waals surface area contributed by atoms with Gasteiger partial charge in [0.25, 0.3) is 0 Å². The fraction of sp³-hybridized carbons (Fsp3) is 0.125. The number of hydrogen-bond donors (Lipinski definition) is 1. The number of ether oxygens (including phenoxy) is 2. The summed E-state index contributed by atoms with van der Waals surface area (Å²) in [4.78, 5) is 23.0. The summed E-state index contributed by atoms with van der Waals surface area (Å²) >= 11 is 0. The van der Waals surface area contributed by atoms with E-state index in [4.69, 9.17) is 9.88 Å². The van der Waals surface area contributed by atoms with Gasteiger partial charge in [-0.2, -0.15) is 0 Å². The van der Waals surface area contributed by atoms with Crippen LogP contribution in [0.2, 0.25) is 0 Å². The maximum absolute atomic E-state index is 13.8. The fourth-order valence-electron chi connectivity index (χ4n) is 1.97. The SMILES string of the molecule is COC(=O)c1cccc(COC(=O)c2cc(S(N)(=O)=O)ccc2F)c1. The molecule has 0 fully saturated rings. The van der Waals surface area contributed by atoms with Crippen molar-refractivity contribution < 1.29 is 31.9 Å². The van der Waals surface area contributed by atoms with Crippen LogP contribution in [0.4, 0.5) is 4.39 Å². The number of carbonyl (C=O) groups excluding carboxylic acids is 2. The Hall–Kier alpha value is -2.78. The zero-order valence-corrected chi connectivity index (χ0v) is 13.9. The molecule has 2 aromatic rings. The minimum absolute atomic E-state index is 0.247. The Morgan fingerprint density at radius 2 is 1.84 bits per heavy atom. The van der Waals surface area contributed by atoms with E-state index in [-0.39, 0.29) is 12.2 Å². The molecule has 0 atom stereocenters. The number of hydrogen-bond acceptors (Lipinski definition) is 6. The number of benzene rings is 2. The number of sulfonamides is 1. The molecule has 0 radical (unpaired) electrons. The summed E-state index contributed by atoms with van der Waals surface area (Å²) in [6.45, 7) is -0.247. The summed E-state index contributed by atoms with van der Waals surface area (Å²) in [5.74, 6) is -2.56. The molecule has 0 bridgehead atoms. The molecule has 25 heavy (non-hydrogen) atoms. The molecule has 2 aromatic carbocycles. The topological polar surface area (TPSA) is 113 Å². The average molecular weight is 367 g/mol. The molecular weight excluding hydrogens is 353 g/mol. The van der Waals surface area contributed by atoms with Crippen LogP contribution in [0, 0.1) is 5.82 Å². The van der Waals surface area contributed by atoms with E-state index >= 15 is 0 Å². The molecule has 132 valence electrons. The Morgan fingerprint density at radius 3 is 2.48 bits per heavy atom. The average Bonchev–Trinajstić information content (AvgIpc) is 2.58. The van der Waals surface area contributed by atoms with Gasteiger partial charge in [-0.05, 0) is 35.9 Å². The maximum atomic E-state index is 13.8. The lowest BCUT2D eigenvalue weighted by Gasteiger charge is -2.08. The number of halogens is 1. The van der Waals surface area contributed by atoms with E-state index in [1.54, 1.807) is 12.1 Å². The highest BCUT2D eigenvalue weighted by Crippen LogP contribution is 2.16. The van der Waals surface area contributed by atoms with Crippen molar-refractivity contribution in [1.29, 1.82) is 0 Å². The van der Waals surface area contributed by atoms with Gasteiger partial charge < -0.3 is 9.47 Å². The van der Waals surface area contributed by atoms with E-state index in [0.29, 0.717) is 5.56 Å². The van der Waals surface area contributed by atoms with Gasteiger partial charge in [-0.3, -0.25) is 0 Å². The molecule has 2 N–H and O–H groups in total. The predicted octanol–water partition coefficient (Wildman–Crippen LogP) is 1.62. The molecular formula is C16H14FNO6S. The first-order chi connectivity index (χ1) is 11.7. The van der Waals surface area contributed by atoms with E-state index in [2.05, 4.69) is 4.74 Å². The Morgan fingerprint density at radius 1 is 1.12 bits per heavy atom. The largest absolute Gasteiger partial charge is 0.465 e. The number of carbonyl (C=O) groups is 2. The van der Waals surface area contributed by atoms with Crippen LogP contribution in [0.3, 0.4) is 0 Å². The summed E-state index contributed by atoms with van der Waals surface area (Å²) in [5.41, 5.74) is 0.174. The second-order valence-electron chi connectivity index (χ2n) is 4.95. The maximum Gasteiger partial charge on any atom is 0.341 e. The van der Waals surface area contributed by atoms with E-state index < -0.39 is 38.2 Å². The van der Waals surface area contributed by atoms with Crippen LogP contribution in [0.5, 0.6) is 0 Å². The minimum atomic E-state index is -4.09. The quantitative estimate of drug-likeness (QED) is 0.804. The van der Waals surface area contributed by atoms with Crippen LogP contribution in [0.1, 0.15) is 26.3 Å². The van der Waals surface area contributed by atoms with Crippen molar-refractivity contribution in [2.45, 2.75) is 11.5 Å². The van der Waals surface area contributed by atoms with Crippen LogP contribution in [0.15, 0.2) is 47.4 Å². The molecule has 2 rings (SSSR count). The lowest BCUT2D eigenvalue weighted by molar-refractivity contribution is 0.0467. The van der Waals surface area contributed by atoms with Crippen molar-refractivity contribution in [3.63, 3.8) is 0 Å². The van der Waals surface area contributed by atoms with Crippen molar-refractivity contribution in [1.82, 2.24) is 0 Å². The van der Waals surface area contributed by atoms with Gasteiger partial charge in [0.1, 0.15) is 12.4 Å². The Kier molecular flexibility index (Phi) is 5.50. The van der Waals surface area contributed by atoms with Crippen LogP contribution < -0.4 is 5.14 Å². The first-order valence-corrected chi connectivity index (χ1v) is 8.43. The summed E-state index contributed by atoms with van der Waals surface area (Å²) in [6, 6.07) is 8.70. The molecule has 0 amide bonds. The van der Waals surface area contributed by atoms with Crippen LogP contribution in [0.25, 0.3) is 0 Å². The second kappa shape index (κ2) is 7.41. The molecule has 0 saturated heterocycles. The number of primary sulfonamides is 1. The van der Waals surface area contributed by atoms with Gasteiger partial charge in [-0.25, -0.2) is 27.5 Å². The summed E-state index contributed by atoms with van der Waals surface area (Å²) in [5, 5.41) is 4.95. The minimum Gasteiger partial charge on any atom is -0.465 e. The fourth-order valence-corrected chi connectivity index (χ4v) is 2.51. The molecule has 0 saturated carbocycles. The van der Waals surface area contributed by atoms with E-state index in [0.717, 1.165) is 18.2 Å². The van der Waals surface area contributed by atoms with Crippen molar-refractivity contribution in [2.24, 2.45) is 5.14 Å². The van der Waals surface area contributed by atoms with Gasteiger partial charge in [0.2, 0.25) is 10.0 Å². The highest BCUT2D eigenvalue weighted by atomic mass is 32.2. The Balaban J connectivity index is 2.17. The molecule has 0 aliphatic heterocycles. The lowest BCUT2D eigenvalue weighted by atomic mass is 10.1. The van der Waals surface area contributed by atoms with E-state index in [1.807, 2.05) is 0 Å². The number of nitrogens with two attached hydrogens (primary N) is 1. The molecule has 7 nitrogen and oxygen atoms in total. The predicted molar refractivity (Wildman–Crippen MR) is 84.7 cm³/mol. The van der Waals surface area contributed by atoms with Gasteiger partial charge in [-0.1, -0.05) is 12.1 Å². The third-order valence-electron chi connectivity index (χ3n) is 3.20. The van der Waals surface area contributed by atoms with Gasteiger partial charge in [-0.15, -0.1) is 0 Å². The Labute approximate surface area is 143 Å². The van der Waals surface area contributed by atoms with Gasteiger partial charge in [0.15, 0.2) is 0 Å². The van der Waals surface area contributed by atoms with Gasteiger partial charge in [0, 0.05) is 0 Å². The molecule has 0 aromatic heterocycles. The van der Waals surface area contributed by atoms with Crippen molar-refractivity contribution in [3.05, 3.63) is 65.0 Å². The summed E-state index contributed by atoms with van der Waals surface area (Å²) in [6.07, 6.45) is 0. The summed E-state index contributed by atoms with van der Waals surface area (Å²) in [7, 11) is -2.85. The van der Waals surface area contributed by atoms with Crippen molar-refractivity contribution >= 4 is 22.0 Å². The molecule has 0 aliphatic carbocycles. The molecule has 9 heteroatoms. The van der Waals surface area contributed by atoms with Crippen LogP contribution in [-0.4, -0.2) is 27.5 Å². The molecule has 0 spiro atoms. The van der Waals surface area contributed by atoms with Crippen LogP contribution in [-0.2, 0) is 26.1 Å². The number of esters is 2. The number of rotatable bonds is 5. The molecule has 0 unspecified atom stereocenters.